The summed E-state index contributed by atoms with van der Waals surface area (Å²) < 4.78 is 19.1. The number of nitrogens with zero attached hydrogens (tertiary/aromatic N) is 2. The van der Waals surface area contributed by atoms with Crippen LogP contribution in [0.25, 0.3) is 0 Å². The van der Waals surface area contributed by atoms with Gasteiger partial charge in [0.2, 0.25) is 0 Å². The number of pyridine rings is 1. The molecule has 0 bridgehead atoms. The quantitative estimate of drug-likeness (QED) is 0.846. The molecule has 0 unspecified atom stereocenters. The minimum atomic E-state index is -0.302. The zero-order valence-corrected chi connectivity index (χ0v) is 12.3. The van der Waals surface area contributed by atoms with E-state index in [1.807, 2.05) is 18.2 Å². The Kier molecular flexibility index (Phi) is 3.64. The predicted molar refractivity (Wildman–Crippen MR) is 79.5 cm³/mol. The fraction of sp³-hybridized carbons (Fsp3) is 0.353. The first-order valence-corrected chi connectivity index (χ1v) is 7.12. The second-order valence-electron chi connectivity index (χ2n) is 6.08. The van der Waals surface area contributed by atoms with Gasteiger partial charge < -0.3 is 4.74 Å². The third-order valence-corrected chi connectivity index (χ3v) is 3.53. The number of ether oxygens (including phenoxy) is 1. The van der Waals surface area contributed by atoms with Gasteiger partial charge in [-0.3, -0.25) is 9.88 Å². The Morgan fingerprint density at radius 1 is 1.24 bits per heavy atom. The predicted octanol–water partition coefficient (Wildman–Crippen LogP) is 3.39. The van der Waals surface area contributed by atoms with E-state index in [4.69, 9.17) is 4.74 Å². The Morgan fingerprint density at radius 2 is 2.05 bits per heavy atom. The summed E-state index contributed by atoms with van der Waals surface area (Å²) in [5, 5.41) is 0. The van der Waals surface area contributed by atoms with Gasteiger partial charge in [0, 0.05) is 25.2 Å². The summed E-state index contributed by atoms with van der Waals surface area (Å²) in [7, 11) is 0. The van der Waals surface area contributed by atoms with E-state index in [1.54, 1.807) is 6.07 Å². The average molecular weight is 286 g/mol. The third kappa shape index (κ3) is 3.39. The van der Waals surface area contributed by atoms with Gasteiger partial charge in [-0.05, 0) is 32.0 Å². The largest absolute Gasteiger partial charge is 0.486 e. The Morgan fingerprint density at radius 3 is 2.81 bits per heavy atom. The second-order valence-corrected chi connectivity index (χ2v) is 6.08. The number of fused-ring (bicyclic) bond motifs is 1. The third-order valence-electron chi connectivity index (χ3n) is 3.53. The normalized spacial score (nSPS) is 17.7. The molecule has 110 valence electrons. The van der Waals surface area contributed by atoms with Crippen molar-refractivity contribution in [2.75, 3.05) is 6.54 Å². The van der Waals surface area contributed by atoms with Gasteiger partial charge in [-0.1, -0.05) is 18.2 Å². The van der Waals surface area contributed by atoms with Crippen molar-refractivity contribution in [3.63, 3.8) is 0 Å². The molecular formula is C17H19FN2O. The Hall–Kier alpha value is -1.94. The molecule has 0 radical (unpaired) electrons. The van der Waals surface area contributed by atoms with Crippen molar-refractivity contribution in [3.05, 3.63) is 59.7 Å². The highest BCUT2D eigenvalue weighted by atomic mass is 19.1. The number of hydrogen-bond acceptors (Lipinski definition) is 3. The maximum absolute atomic E-state index is 13.0. The van der Waals surface area contributed by atoms with E-state index in [0.29, 0.717) is 6.54 Å². The summed E-state index contributed by atoms with van der Waals surface area (Å²) >= 11 is 0. The van der Waals surface area contributed by atoms with E-state index in [0.717, 1.165) is 24.5 Å². The molecule has 2 heterocycles. The zero-order chi connectivity index (χ0) is 14.9. The van der Waals surface area contributed by atoms with Gasteiger partial charge in [0.25, 0.3) is 0 Å². The molecule has 0 aliphatic carbocycles. The van der Waals surface area contributed by atoms with E-state index in [-0.39, 0.29) is 11.4 Å². The average Bonchev–Trinajstić information content (AvgIpc) is 2.55. The molecule has 0 atom stereocenters. The molecule has 3 rings (SSSR count). The van der Waals surface area contributed by atoms with Gasteiger partial charge in [0.15, 0.2) is 0 Å². The van der Waals surface area contributed by atoms with Crippen LogP contribution in [0.15, 0.2) is 42.6 Å². The molecule has 1 aliphatic heterocycles. The molecule has 0 N–H and O–H groups in total. The lowest BCUT2D eigenvalue weighted by Gasteiger charge is -2.29. The molecule has 0 fully saturated rings. The van der Waals surface area contributed by atoms with Crippen LogP contribution in [0.5, 0.6) is 5.75 Å². The molecule has 3 nitrogen and oxygen atoms in total. The van der Waals surface area contributed by atoms with Crippen molar-refractivity contribution in [2.24, 2.45) is 0 Å². The van der Waals surface area contributed by atoms with Gasteiger partial charge in [-0.25, -0.2) is 4.39 Å². The summed E-state index contributed by atoms with van der Waals surface area (Å²) in [6.07, 6.45) is 1.27. The van der Waals surface area contributed by atoms with Crippen molar-refractivity contribution < 1.29 is 9.13 Å². The number of para-hydroxylation sites is 1. The Balaban J connectivity index is 1.84. The number of rotatable bonds is 2. The number of hydrogen-bond donors (Lipinski definition) is 0. The molecule has 0 spiro atoms. The fourth-order valence-electron chi connectivity index (χ4n) is 2.74. The summed E-state index contributed by atoms with van der Waals surface area (Å²) in [5.41, 5.74) is 1.77. The van der Waals surface area contributed by atoms with Crippen molar-refractivity contribution >= 4 is 0 Å². The summed E-state index contributed by atoms with van der Waals surface area (Å²) in [4.78, 5) is 6.43. The van der Waals surface area contributed by atoms with Crippen LogP contribution in [0.1, 0.15) is 25.1 Å². The first kappa shape index (κ1) is 14.0. The summed E-state index contributed by atoms with van der Waals surface area (Å²) in [5.74, 6) is 0.640. The molecule has 1 aromatic heterocycles. The molecule has 2 aromatic rings. The van der Waals surface area contributed by atoms with Gasteiger partial charge in [-0.2, -0.15) is 0 Å². The minimum absolute atomic E-state index is 0.271. The van der Waals surface area contributed by atoms with Crippen molar-refractivity contribution in [1.82, 2.24) is 9.88 Å². The molecule has 4 heteroatoms. The Labute approximate surface area is 124 Å². The first-order chi connectivity index (χ1) is 10.0. The fourth-order valence-corrected chi connectivity index (χ4v) is 2.74. The van der Waals surface area contributed by atoms with E-state index in [1.165, 1.54) is 17.8 Å². The van der Waals surface area contributed by atoms with E-state index in [9.17, 15) is 4.39 Å². The van der Waals surface area contributed by atoms with Crippen LogP contribution in [-0.2, 0) is 13.1 Å². The highest BCUT2D eigenvalue weighted by Gasteiger charge is 2.28. The smallest absolute Gasteiger partial charge is 0.141 e. The lowest BCUT2D eigenvalue weighted by Crippen LogP contribution is -2.40. The topological polar surface area (TPSA) is 25.4 Å². The Bertz CT molecular complexity index is 625. The van der Waals surface area contributed by atoms with Crippen molar-refractivity contribution in [3.8, 4) is 5.75 Å². The molecule has 1 aliphatic rings. The lowest BCUT2D eigenvalue weighted by atomic mass is 10.1. The number of aromatic nitrogens is 1. The lowest BCUT2D eigenvalue weighted by molar-refractivity contribution is 0.0678. The highest BCUT2D eigenvalue weighted by molar-refractivity contribution is 5.34. The highest BCUT2D eigenvalue weighted by Crippen LogP contribution is 2.29. The molecule has 0 saturated heterocycles. The second kappa shape index (κ2) is 5.45. The van der Waals surface area contributed by atoms with Crippen LogP contribution in [0.3, 0.4) is 0 Å². The monoisotopic (exact) mass is 286 g/mol. The van der Waals surface area contributed by atoms with E-state index >= 15 is 0 Å². The van der Waals surface area contributed by atoms with Gasteiger partial charge in [0.1, 0.15) is 17.2 Å². The molecule has 0 amide bonds. The molecular weight excluding hydrogens is 267 g/mol. The number of halogens is 1. The van der Waals surface area contributed by atoms with Gasteiger partial charge in [0.05, 0.1) is 11.9 Å². The number of benzene rings is 1. The molecule has 0 saturated carbocycles. The van der Waals surface area contributed by atoms with Gasteiger partial charge in [-0.15, -0.1) is 0 Å². The van der Waals surface area contributed by atoms with Crippen LogP contribution in [0, 0.1) is 5.82 Å². The minimum Gasteiger partial charge on any atom is -0.486 e. The van der Waals surface area contributed by atoms with Crippen molar-refractivity contribution in [2.45, 2.75) is 32.5 Å². The zero-order valence-electron chi connectivity index (χ0n) is 12.3. The summed E-state index contributed by atoms with van der Waals surface area (Å²) in [6.45, 7) is 6.45. The van der Waals surface area contributed by atoms with Crippen LogP contribution >= 0.6 is 0 Å². The molecule has 21 heavy (non-hydrogen) atoms. The van der Waals surface area contributed by atoms with Gasteiger partial charge >= 0.3 is 0 Å². The van der Waals surface area contributed by atoms with Crippen LogP contribution in [0.2, 0.25) is 0 Å². The molecule has 1 aromatic carbocycles. The van der Waals surface area contributed by atoms with Crippen molar-refractivity contribution in [1.29, 1.82) is 0 Å². The van der Waals surface area contributed by atoms with Crippen LogP contribution in [-0.4, -0.2) is 22.0 Å². The van der Waals surface area contributed by atoms with Crippen LogP contribution < -0.4 is 4.74 Å². The SMILES string of the molecule is CC1(C)CN(Cc2ccc(F)cn2)Cc2ccccc2O1. The first-order valence-electron chi connectivity index (χ1n) is 7.12. The maximum Gasteiger partial charge on any atom is 0.141 e. The standard InChI is InChI=1S/C17H19FN2O/c1-17(2)12-20(11-15-8-7-14(18)9-19-15)10-13-5-3-4-6-16(13)21-17/h3-9H,10-12H2,1-2H3. The summed E-state index contributed by atoms with van der Waals surface area (Å²) in [6, 6.07) is 11.3. The van der Waals surface area contributed by atoms with E-state index < -0.39 is 0 Å². The maximum atomic E-state index is 13.0. The van der Waals surface area contributed by atoms with E-state index in [2.05, 4.69) is 29.8 Å². The van der Waals surface area contributed by atoms with Crippen LogP contribution in [0.4, 0.5) is 4.39 Å².